The molecule has 0 aromatic heterocycles. The lowest BCUT2D eigenvalue weighted by Crippen LogP contribution is -2.19. The Balaban J connectivity index is 1.82. The van der Waals surface area contributed by atoms with E-state index in [9.17, 15) is 4.79 Å². The van der Waals surface area contributed by atoms with Gasteiger partial charge in [-0.2, -0.15) is 5.10 Å². The van der Waals surface area contributed by atoms with Crippen molar-refractivity contribution in [3.63, 3.8) is 0 Å². The van der Waals surface area contributed by atoms with E-state index in [4.69, 9.17) is 37.4 Å². The minimum absolute atomic E-state index is 0.211. The lowest BCUT2D eigenvalue weighted by molar-refractivity contribution is -0.121. The van der Waals surface area contributed by atoms with Crippen molar-refractivity contribution >= 4 is 34.8 Å². The molecule has 0 aliphatic carbocycles. The van der Waals surface area contributed by atoms with E-state index in [2.05, 4.69) is 10.5 Å². The highest BCUT2D eigenvalue weighted by molar-refractivity contribution is 6.35. The number of hydrazone groups is 1. The van der Waals surface area contributed by atoms with Crippen molar-refractivity contribution in [3.05, 3.63) is 52.0 Å². The average Bonchev–Trinajstić information content (AvgIpc) is 2.70. The highest BCUT2D eigenvalue weighted by Crippen LogP contribution is 2.27. The van der Waals surface area contributed by atoms with E-state index in [1.807, 2.05) is 6.07 Å². The number of amides is 1. The lowest BCUT2D eigenvalue weighted by Gasteiger charge is -2.10. The average molecular weight is 425 g/mol. The SMILES string of the molecule is COc1ccc(C(C)=NNC(=O)CCCOc2ccc(Cl)cc2Cl)c(OC)c1. The van der Waals surface area contributed by atoms with E-state index in [0.29, 0.717) is 46.0 Å². The summed E-state index contributed by atoms with van der Waals surface area (Å²) in [6.45, 7) is 2.14. The Morgan fingerprint density at radius 2 is 1.86 bits per heavy atom. The van der Waals surface area contributed by atoms with Gasteiger partial charge in [-0.1, -0.05) is 23.2 Å². The topological polar surface area (TPSA) is 69.2 Å². The highest BCUT2D eigenvalue weighted by Gasteiger charge is 2.09. The second-order valence-corrected chi connectivity index (χ2v) is 6.67. The highest BCUT2D eigenvalue weighted by atomic mass is 35.5. The second-order valence-electron chi connectivity index (χ2n) is 5.83. The van der Waals surface area contributed by atoms with Crippen molar-refractivity contribution in [2.24, 2.45) is 5.10 Å². The van der Waals surface area contributed by atoms with Crippen LogP contribution < -0.4 is 19.6 Å². The summed E-state index contributed by atoms with van der Waals surface area (Å²) >= 11 is 11.9. The van der Waals surface area contributed by atoms with Gasteiger partial charge >= 0.3 is 0 Å². The summed E-state index contributed by atoms with van der Waals surface area (Å²) in [6, 6.07) is 10.4. The second kappa shape index (κ2) is 10.8. The van der Waals surface area contributed by atoms with Crippen LogP contribution >= 0.6 is 23.2 Å². The van der Waals surface area contributed by atoms with Gasteiger partial charge < -0.3 is 14.2 Å². The van der Waals surface area contributed by atoms with Crippen molar-refractivity contribution in [1.29, 1.82) is 0 Å². The molecule has 0 heterocycles. The molecule has 0 spiro atoms. The Morgan fingerprint density at radius 1 is 1.07 bits per heavy atom. The number of ether oxygens (including phenoxy) is 3. The molecule has 0 radical (unpaired) electrons. The minimum atomic E-state index is -0.211. The maximum absolute atomic E-state index is 12.0. The summed E-state index contributed by atoms with van der Waals surface area (Å²) in [6.07, 6.45) is 0.785. The van der Waals surface area contributed by atoms with Crippen LogP contribution in [0.15, 0.2) is 41.5 Å². The fraction of sp³-hybridized carbons (Fsp3) is 0.300. The van der Waals surface area contributed by atoms with Crippen molar-refractivity contribution in [2.45, 2.75) is 19.8 Å². The number of nitrogens with zero attached hydrogens (tertiary/aromatic N) is 1. The summed E-state index contributed by atoms with van der Waals surface area (Å²) in [5.41, 5.74) is 3.93. The summed E-state index contributed by atoms with van der Waals surface area (Å²) < 4.78 is 16.1. The van der Waals surface area contributed by atoms with Crippen LogP contribution in [0.1, 0.15) is 25.3 Å². The number of methoxy groups -OCH3 is 2. The molecule has 0 saturated carbocycles. The van der Waals surface area contributed by atoms with Crippen LogP contribution in [-0.4, -0.2) is 32.4 Å². The van der Waals surface area contributed by atoms with Crippen LogP contribution in [0.4, 0.5) is 0 Å². The first kappa shape index (κ1) is 21.9. The number of hydrogen-bond acceptors (Lipinski definition) is 5. The Labute approximate surface area is 174 Å². The molecule has 8 heteroatoms. The predicted octanol–water partition coefficient (Wildman–Crippen LogP) is 4.71. The first-order valence-electron chi connectivity index (χ1n) is 8.58. The molecular formula is C20H22Cl2N2O4. The maximum Gasteiger partial charge on any atom is 0.240 e. The maximum atomic E-state index is 12.0. The molecule has 0 fully saturated rings. The Kier molecular flexibility index (Phi) is 8.42. The van der Waals surface area contributed by atoms with Gasteiger partial charge in [-0.3, -0.25) is 4.79 Å². The number of benzene rings is 2. The number of nitrogens with one attached hydrogen (secondary N) is 1. The molecule has 0 unspecified atom stereocenters. The number of carbonyl (C=O) groups excluding carboxylic acids is 1. The third-order valence-corrected chi connectivity index (χ3v) is 4.38. The molecule has 2 aromatic carbocycles. The van der Waals surface area contributed by atoms with Crippen molar-refractivity contribution < 1.29 is 19.0 Å². The molecule has 0 aliphatic rings. The molecular weight excluding hydrogens is 403 g/mol. The van der Waals surface area contributed by atoms with Crippen molar-refractivity contribution in [3.8, 4) is 17.2 Å². The number of halogens is 2. The zero-order chi connectivity index (χ0) is 20.5. The predicted molar refractivity (Wildman–Crippen MR) is 111 cm³/mol. The molecule has 150 valence electrons. The summed E-state index contributed by atoms with van der Waals surface area (Å²) in [5, 5.41) is 5.11. The third-order valence-electron chi connectivity index (χ3n) is 3.85. The Bertz CT molecular complexity index is 856. The van der Waals surface area contributed by atoms with Crippen molar-refractivity contribution in [1.82, 2.24) is 5.43 Å². The summed E-state index contributed by atoms with van der Waals surface area (Å²) in [7, 11) is 3.15. The van der Waals surface area contributed by atoms with Gasteiger partial charge in [0.2, 0.25) is 5.91 Å². The summed E-state index contributed by atoms with van der Waals surface area (Å²) in [4.78, 5) is 12.0. The van der Waals surface area contributed by atoms with Gasteiger partial charge in [0.05, 0.1) is 31.6 Å². The first-order chi connectivity index (χ1) is 13.4. The summed E-state index contributed by atoms with van der Waals surface area (Å²) in [5.74, 6) is 1.62. The Hall–Kier alpha value is -2.44. The molecule has 1 amide bonds. The van der Waals surface area contributed by atoms with Crippen LogP contribution in [0.2, 0.25) is 10.0 Å². The van der Waals surface area contributed by atoms with Gasteiger partial charge in [0.15, 0.2) is 0 Å². The molecule has 6 nitrogen and oxygen atoms in total. The molecule has 2 rings (SSSR count). The van der Waals surface area contributed by atoms with E-state index in [0.717, 1.165) is 5.56 Å². The number of rotatable bonds is 9. The van der Waals surface area contributed by atoms with Crippen LogP contribution in [0.5, 0.6) is 17.2 Å². The fourth-order valence-electron chi connectivity index (χ4n) is 2.37. The molecule has 0 aliphatic heterocycles. The van der Waals surface area contributed by atoms with E-state index in [1.54, 1.807) is 51.5 Å². The monoisotopic (exact) mass is 424 g/mol. The minimum Gasteiger partial charge on any atom is -0.497 e. The van der Waals surface area contributed by atoms with Crippen LogP contribution in [0.3, 0.4) is 0 Å². The van der Waals surface area contributed by atoms with Gasteiger partial charge in [0, 0.05) is 23.1 Å². The van der Waals surface area contributed by atoms with Gasteiger partial charge in [-0.05, 0) is 43.7 Å². The van der Waals surface area contributed by atoms with Gasteiger partial charge in [-0.25, -0.2) is 5.43 Å². The van der Waals surface area contributed by atoms with Crippen LogP contribution in [0, 0.1) is 0 Å². The third kappa shape index (κ3) is 6.32. The molecule has 1 N–H and O–H groups in total. The van der Waals surface area contributed by atoms with Crippen LogP contribution in [0.25, 0.3) is 0 Å². The quantitative estimate of drug-likeness (QED) is 0.359. The van der Waals surface area contributed by atoms with E-state index in [1.165, 1.54) is 0 Å². The molecule has 0 bridgehead atoms. The standard InChI is InChI=1S/C20H22Cl2N2O4/c1-13(16-8-7-15(26-2)12-19(16)27-3)23-24-20(25)5-4-10-28-18-9-6-14(21)11-17(18)22/h6-9,11-12H,4-5,10H2,1-3H3,(H,24,25). The van der Waals surface area contributed by atoms with Gasteiger partial charge in [0.1, 0.15) is 17.2 Å². The first-order valence-corrected chi connectivity index (χ1v) is 9.33. The largest absolute Gasteiger partial charge is 0.497 e. The number of hydrogen-bond donors (Lipinski definition) is 1. The van der Waals surface area contributed by atoms with Gasteiger partial charge in [-0.15, -0.1) is 0 Å². The molecule has 0 atom stereocenters. The zero-order valence-corrected chi connectivity index (χ0v) is 17.4. The van der Waals surface area contributed by atoms with Crippen LogP contribution in [-0.2, 0) is 4.79 Å². The lowest BCUT2D eigenvalue weighted by atomic mass is 10.1. The van der Waals surface area contributed by atoms with E-state index in [-0.39, 0.29) is 12.3 Å². The zero-order valence-electron chi connectivity index (χ0n) is 15.9. The smallest absolute Gasteiger partial charge is 0.240 e. The van der Waals surface area contributed by atoms with E-state index < -0.39 is 0 Å². The molecule has 0 saturated heterocycles. The van der Waals surface area contributed by atoms with E-state index >= 15 is 0 Å². The Morgan fingerprint density at radius 3 is 2.54 bits per heavy atom. The number of carbonyl (C=O) groups is 1. The van der Waals surface area contributed by atoms with Crippen molar-refractivity contribution in [2.75, 3.05) is 20.8 Å². The molecule has 28 heavy (non-hydrogen) atoms. The normalized spacial score (nSPS) is 11.1. The fourth-order valence-corrected chi connectivity index (χ4v) is 2.83. The van der Waals surface area contributed by atoms with Gasteiger partial charge in [0.25, 0.3) is 0 Å². The molecule has 2 aromatic rings.